The average molecular weight is 225 g/mol. The largest absolute Gasteiger partial charge is 0.317 e. The maximum absolute atomic E-state index is 3.79. The van der Waals surface area contributed by atoms with E-state index < -0.39 is 0 Å². The van der Waals surface area contributed by atoms with Crippen LogP contribution in [0.25, 0.3) is 0 Å². The van der Waals surface area contributed by atoms with Crippen LogP contribution in [0.5, 0.6) is 0 Å². The zero-order valence-electron chi connectivity index (χ0n) is 10.8. The van der Waals surface area contributed by atoms with Gasteiger partial charge in [0.15, 0.2) is 0 Å². The minimum absolute atomic E-state index is 0.693. The normalized spacial score (nSPS) is 38.2. The number of rotatable bonds is 2. The van der Waals surface area contributed by atoms with Crippen molar-refractivity contribution in [3.05, 3.63) is 0 Å². The van der Waals surface area contributed by atoms with Crippen molar-refractivity contribution in [1.82, 2.24) is 15.8 Å². The molecule has 0 aromatic rings. The van der Waals surface area contributed by atoms with Gasteiger partial charge in [-0.1, -0.05) is 6.42 Å². The third-order valence-electron chi connectivity index (χ3n) is 4.10. The first-order valence-corrected chi connectivity index (χ1v) is 7.02. The van der Waals surface area contributed by atoms with E-state index in [9.17, 15) is 0 Å². The third kappa shape index (κ3) is 3.19. The molecule has 0 aromatic heterocycles. The van der Waals surface area contributed by atoms with Gasteiger partial charge in [0, 0.05) is 18.1 Å². The number of hydrogen-bond donors (Lipinski definition) is 2. The van der Waals surface area contributed by atoms with Crippen molar-refractivity contribution in [1.29, 1.82) is 0 Å². The molecule has 0 radical (unpaired) electrons. The van der Waals surface area contributed by atoms with Crippen LogP contribution >= 0.6 is 0 Å². The molecule has 0 aromatic carbocycles. The van der Waals surface area contributed by atoms with Crippen LogP contribution in [0.15, 0.2) is 0 Å². The van der Waals surface area contributed by atoms with E-state index in [0.717, 1.165) is 0 Å². The van der Waals surface area contributed by atoms with Gasteiger partial charge in [0.25, 0.3) is 0 Å². The van der Waals surface area contributed by atoms with Crippen LogP contribution < -0.4 is 10.7 Å². The summed E-state index contributed by atoms with van der Waals surface area (Å²) in [5.74, 6) is 0. The highest BCUT2D eigenvalue weighted by molar-refractivity contribution is 4.80. The molecule has 3 nitrogen and oxygen atoms in total. The molecule has 3 atom stereocenters. The summed E-state index contributed by atoms with van der Waals surface area (Å²) in [6.07, 6.45) is 8.00. The van der Waals surface area contributed by atoms with Crippen molar-refractivity contribution < 1.29 is 0 Å². The molecule has 3 heteroatoms. The van der Waals surface area contributed by atoms with Crippen molar-refractivity contribution in [2.45, 2.75) is 70.5 Å². The van der Waals surface area contributed by atoms with E-state index in [2.05, 4.69) is 29.6 Å². The number of nitrogens with zero attached hydrogens (tertiary/aromatic N) is 1. The molecule has 16 heavy (non-hydrogen) atoms. The van der Waals surface area contributed by atoms with Gasteiger partial charge < -0.3 is 5.32 Å². The summed E-state index contributed by atoms with van der Waals surface area (Å²) in [7, 11) is 0. The van der Waals surface area contributed by atoms with Crippen LogP contribution in [-0.4, -0.2) is 36.2 Å². The lowest BCUT2D eigenvalue weighted by molar-refractivity contribution is 0.0274. The maximum Gasteiger partial charge on any atom is 0.0228 e. The second-order valence-electron chi connectivity index (χ2n) is 5.54. The summed E-state index contributed by atoms with van der Waals surface area (Å²) in [5, 5.41) is 6.01. The number of piperidine rings is 1. The molecule has 3 unspecified atom stereocenters. The van der Waals surface area contributed by atoms with E-state index >= 15 is 0 Å². The predicted octanol–water partition coefficient (Wildman–Crippen LogP) is 1.90. The lowest BCUT2D eigenvalue weighted by atomic mass is 9.99. The molecular weight excluding hydrogens is 198 g/mol. The predicted molar refractivity (Wildman–Crippen MR) is 68.3 cm³/mol. The molecular formula is C13H27N3. The quantitative estimate of drug-likeness (QED) is 0.751. The Kier molecular flexibility index (Phi) is 4.62. The summed E-state index contributed by atoms with van der Waals surface area (Å²) in [6.45, 7) is 7.09. The summed E-state index contributed by atoms with van der Waals surface area (Å²) < 4.78 is 0. The van der Waals surface area contributed by atoms with E-state index in [1.165, 1.54) is 51.6 Å². The minimum Gasteiger partial charge on any atom is -0.317 e. The van der Waals surface area contributed by atoms with Crippen LogP contribution in [0, 0.1) is 0 Å². The fourth-order valence-electron chi connectivity index (χ4n) is 3.03. The molecule has 0 saturated carbocycles. The van der Waals surface area contributed by atoms with Gasteiger partial charge in [0.1, 0.15) is 0 Å². The van der Waals surface area contributed by atoms with E-state index in [1.54, 1.807) is 0 Å². The fourth-order valence-corrected chi connectivity index (χ4v) is 3.03. The first kappa shape index (κ1) is 12.3. The van der Waals surface area contributed by atoms with Gasteiger partial charge in [-0.15, -0.1) is 0 Å². The summed E-state index contributed by atoms with van der Waals surface area (Å²) in [6, 6.07) is 2.11. The molecule has 2 aliphatic heterocycles. The van der Waals surface area contributed by atoms with Gasteiger partial charge in [-0.2, -0.15) is 0 Å². The Bertz CT molecular complexity index is 189. The molecule has 0 amide bonds. The highest BCUT2D eigenvalue weighted by atomic mass is 15.5. The first-order chi connectivity index (χ1) is 7.77. The Morgan fingerprint density at radius 1 is 0.938 bits per heavy atom. The molecule has 2 saturated heterocycles. The standard InChI is InChI=1S/C13H27N3/c1-11-5-3-6-12(2)16(11)15-13-7-4-9-14-10-8-13/h11-15H,3-10H2,1-2H3. The minimum atomic E-state index is 0.693. The van der Waals surface area contributed by atoms with Crippen LogP contribution in [0.3, 0.4) is 0 Å². The van der Waals surface area contributed by atoms with Crippen molar-refractivity contribution in [2.75, 3.05) is 13.1 Å². The Hall–Kier alpha value is -0.120. The highest BCUT2D eigenvalue weighted by Crippen LogP contribution is 2.21. The Morgan fingerprint density at radius 2 is 1.69 bits per heavy atom. The highest BCUT2D eigenvalue weighted by Gasteiger charge is 2.26. The van der Waals surface area contributed by atoms with Gasteiger partial charge >= 0.3 is 0 Å². The summed E-state index contributed by atoms with van der Waals surface area (Å²) in [5.41, 5.74) is 3.79. The third-order valence-corrected chi connectivity index (χ3v) is 4.10. The first-order valence-electron chi connectivity index (χ1n) is 7.02. The molecule has 0 aliphatic carbocycles. The lowest BCUT2D eigenvalue weighted by Gasteiger charge is -2.41. The van der Waals surface area contributed by atoms with E-state index in [-0.39, 0.29) is 0 Å². The molecule has 94 valence electrons. The van der Waals surface area contributed by atoms with E-state index in [0.29, 0.717) is 18.1 Å². The van der Waals surface area contributed by atoms with E-state index in [1.807, 2.05) is 0 Å². The van der Waals surface area contributed by atoms with Gasteiger partial charge in [0.05, 0.1) is 0 Å². The van der Waals surface area contributed by atoms with Crippen LogP contribution in [0.2, 0.25) is 0 Å². The lowest BCUT2D eigenvalue weighted by Crippen LogP contribution is -2.55. The molecule has 0 spiro atoms. The Labute approximate surface area is 99.9 Å². The van der Waals surface area contributed by atoms with Crippen molar-refractivity contribution >= 4 is 0 Å². The molecule has 2 heterocycles. The van der Waals surface area contributed by atoms with Crippen molar-refractivity contribution in [2.24, 2.45) is 0 Å². The summed E-state index contributed by atoms with van der Waals surface area (Å²) >= 11 is 0. The van der Waals surface area contributed by atoms with Gasteiger partial charge in [-0.25, -0.2) is 5.01 Å². The van der Waals surface area contributed by atoms with E-state index in [4.69, 9.17) is 0 Å². The number of nitrogens with one attached hydrogen (secondary N) is 2. The zero-order valence-corrected chi connectivity index (χ0v) is 10.8. The van der Waals surface area contributed by atoms with Crippen LogP contribution in [0.1, 0.15) is 52.4 Å². The van der Waals surface area contributed by atoms with Gasteiger partial charge in [0.2, 0.25) is 0 Å². The number of hydrazine groups is 1. The average Bonchev–Trinajstić information content (AvgIpc) is 2.52. The molecule has 2 N–H and O–H groups in total. The van der Waals surface area contributed by atoms with Crippen LogP contribution in [0.4, 0.5) is 0 Å². The molecule has 2 rings (SSSR count). The second-order valence-corrected chi connectivity index (χ2v) is 5.54. The summed E-state index contributed by atoms with van der Waals surface area (Å²) in [4.78, 5) is 0. The van der Waals surface area contributed by atoms with Crippen LogP contribution in [-0.2, 0) is 0 Å². The monoisotopic (exact) mass is 225 g/mol. The molecule has 0 bridgehead atoms. The number of hydrogen-bond acceptors (Lipinski definition) is 3. The Balaban J connectivity index is 1.85. The Morgan fingerprint density at radius 3 is 2.44 bits per heavy atom. The maximum atomic E-state index is 3.79. The SMILES string of the molecule is CC1CCCC(C)N1NC1CCCNCC1. The van der Waals surface area contributed by atoms with Gasteiger partial charge in [-0.05, 0) is 59.0 Å². The van der Waals surface area contributed by atoms with Crippen molar-refractivity contribution in [3.8, 4) is 0 Å². The molecule has 2 aliphatic rings. The smallest absolute Gasteiger partial charge is 0.0228 e. The zero-order chi connectivity index (χ0) is 11.4. The molecule has 2 fully saturated rings. The van der Waals surface area contributed by atoms with Gasteiger partial charge in [-0.3, -0.25) is 5.43 Å². The second kappa shape index (κ2) is 5.99. The van der Waals surface area contributed by atoms with Crippen molar-refractivity contribution in [3.63, 3.8) is 0 Å². The topological polar surface area (TPSA) is 27.3 Å². The fraction of sp³-hybridized carbons (Fsp3) is 1.00.